The molecule has 0 aliphatic rings. The Morgan fingerprint density at radius 3 is 2.67 bits per heavy atom. The predicted molar refractivity (Wildman–Crippen MR) is 26.1 cm³/mol. The van der Waals surface area contributed by atoms with Crippen LogP contribution in [0, 0.1) is 6.92 Å². The van der Waals surface area contributed by atoms with E-state index in [9.17, 15) is 9.90 Å². The Labute approximate surface area is 51.1 Å². The highest BCUT2D eigenvalue weighted by Crippen LogP contribution is 2.12. The first-order valence-corrected chi connectivity index (χ1v) is 2.34. The van der Waals surface area contributed by atoms with Gasteiger partial charge in [-0.25, -0.2) is 0 Å². The van der Waals surface area contributed by atoms with E-state index in [0.29, 0.717) is 12.0 Å². The van der Waals surface area contributed by atoms with Crippen molar-refractivity contribution in [2.45, 2.75) is 6.92 Å². The van der Waals surface area contributed by atoms with Crippen LogP contribution in [0.1, 0.15) is 16.1 Å². The van der Waals surface area contributed by atoms with Gasteiger partial charge in [-0.15, -0.1) is 0 Å². The third-order valence-corrected chi connectivity index (χ3v) is 0.993. The van der Waals surface area contributed by atoms with Gasteiger partial charge >= 0.3 is 0 Å². The molecule has 0 aliphatic heterocycles. The summed E-state index contributed by atoms with van der Waals surface area (Å²) in [5.41, 5.74) is 0.352. The second kappa shape index (κ2) is 1.89. The van der Waals surface area contributed by atoms with Gasteiger partial charge in [0.05, 0.1) is 17.2 Å². The molecule has 0 aliphatic carbocycles. The summed E-state index contributed by atoms with van der Waals surface area (Å²) >= 11 is 0. The van der Waals surface area contributed by atoms with Crippen molar-refractivity contribution in [3.63, 3.8) is 0 Å². The van der Waals surface area contributed by atoms with Gasteiger partial charge in [0.2, 0.25) is 0 Å². The van der Waals surface area contributed by atoms with Gasteiger partial charge in [0.25, 0.3) is 0 Å². The number of rotatable bonds is 1. The second-order valence-electron chi connectivity index (χ2n) is 1.59. The smallest absolute Gasteiger partial charge is 0.153 e. The van der Waals surface area contributed by atoms with Crippen LogP contribution in [0.3, 0.4) is 0 Å². The molecule has 9 heavy (non-hydrogen) atoms. The van der Waals surface area contributed by atoms with Crippen molar-refractivity contribution < 1.29 is 14.4 Å². The van der Waals surface area contributed by atoms with Gasteiger partial charge in [-0.3, -0.25) is 4.79 Å². The van der Waals surface area contributed by atoms with E-state index in [1.54, 1.807) is 0 Å². The maximum Gasteiger partial charge on any atom is 0.153 e. The summed E-state index contributed by atoms with van der Waals surface area (Å²) < 4.78 is 4.15. The molecule has 0 atom stereocenters. The Hall–Kier alpha value is -1.32. The fraction of sp³-hybridized carbons (Fsp3) is 0.200. The lowest BCUT2D eigenvalue weighted by molar-refractivity contribution is -0.297. The summed E-state index contributed by atoms with van der Waals surface area (Å²) in [6.45, 7) is 1.54. The molecular formula is C5H4NO3-. The highest BCUT2D eigenvalue weighted by Gasteiger charge is 1.99. The molecule has 0 bridgehead atoms. The molecule has 0 unspecified atom stereocenters. The largest absolute Gasteiger partial charge is 0.544 e. The topological polar surface area (TPSA) is 66.2 Å². The fourth-order valence-electron chi connectivity index (χ4n) is 0.489. The van der Waals surface area contributed by atoms with Crippen LogP contribution in [-0.4, -0.2) is 11.4 Å². The van der Waals surface area contributed by atoms with Crippen molar-refractivity contribution in [2.75, 3.05) is 0 Å². The molecular weight excluding hydrogens is 122 g/mol. The maximum absolute atomic E-state index is 10.4. The van der Waals surface area contributed by atoms with Crippen molar-refractivity contribution in [1.82, 2.24) is 5.16 Å². The molecule has 0 N–H and O–H groups in total. The first-order valence-electron chi connectivity index (χ1n) is 2.34. The van der Waals surface area contributed by atoms with Crippen LogP contribution in [0.4, 0.5) is 0 Å². The fourth-order valence-corrected chi connectivity index (χ4v) is 0.489. The monoisotopic (exact) mass is 126 g/mol. The molecule has 1 rings (SSSR count). The average molecular weight is 126 g/mol. The molecule has 0 amide bonds. The molecule has 48 valence electrons. The number of hydrogen-bond acceptors (Lipinski definition) is 4. The third kappa shape index (κ3) is 0.782. The van der Waals surface area contributed by atoms with E-state index in [4.69, 9.17) is 0 Å². The molecule has 0 saturated carbocycles. The lowest BCUT2D eigenvalue weighted by atomic mass is 10.3. The van der Waals surface area contributed by atoms with E-state index in [-0.39, 0.29) is 5.56 Å². The van der Waals surface area contributed by atoms with Gasteiger partial charge in [-0.2, -0.15) is 5.16 Å². The zero-order valence-corrected chi connectivity index (χ0v) is 4.75. The van der Waals surface area contributed by atoms with Crippen LogP contribution >= 0.6 is 0 Å². The number of carbonyl (C=O) groups is 1. The molecule has 4 heteroatoms. The van der Waals surface area contributed by atoms with E-state index >= 15 is 0 Å². The minimum atomic E-state index is -0.664. The Kier molecular flexibility index (Phi) is 1.22. The van der Waals surface area contributed by atoms with Crippen LogP contribution in [0.2, 0.25) is 0 Å². The van der Waals surface area contributed by atoms with Crippen LogP contribution in [-0.2, 0) is 0 Å². The summed E-state index contributed by atoms with van der Waals surface area (Å²) in [4.78, 5) is 10.0. The summed E-state index contributed by atoms with van der Waals surface area (Å²) in [7, 11) is 0. The van der Waals surface area contributed by atoms with Gasteiger partial charge in [-0.05, 0) is 6.92 Å². The minimum absolute atomic E-state index is 0.00926. The molecule has 1 heterocycles. The lowest BCUT2D eigenvalue weighted by Crippen LogP contribution is -1.91. The summed E-state index contributed by atoms with van der Waals surface area (Å²) in [6, 6.07) is 0. The van der Waals surface area contributed by atoms with E-state index in [1.165, 1.54) is 6.92 Å². The minimum Gasteiger partial charge on any atom is -0.544 e. The number of aryl methyl sites for hydroxylation is 1. The average Bonchev–Trinajstić information content (AvgIpc) is 2.12. The van der Waals surface area contributed by atoms with Crippen molar-refractivity contribution in [2.24, 2.45) is 0 Å². The molecule has 0 fully saturated rings. The molecule has 1 aromatic rings. The van der Waals surface area contributed by atoms with Crippen molar-refractivity contribution in [1.29, 1.82) is 0 Å². The van der Waals surface area contributed by atoms with Gasteiger partial charge in [0.1, 0.15) is 0 Å². The summed E-state index contributed by atoms with van der Waals surface area (Å²) in [5, 5.41) is 13.7. The molecule has 0 aromatic carbocycles. The van der Waals surface area contributed by atoms with Gasteiger partial charge < -0.3 is 9.63 Å². The van der Waals surface area contributed by atoms with Gasteiger partial charge in [0.15, 0.2) is 6.29 Å². The molecule has 0 saturated heterocycles. The van der Waals surface area contributed by atoms with E-state index in [0.717, 1.165) is 0 Å². The summed E-state index contributed by atoms with van der Waals surface area (Å²) in [5.74, 6) is -0.664. The number of hydrogen-bond donors (Lipinski definition) is 0. The van der Waals surface area contributed by atoms with Crippen LogP contribution in [0.5, 0.6) is 5.95 Å². The first-order chi connectivity index (χ1) is 4.25. The molecule has 0 spiro atoms. The number of aldehydes is 1. The van der Waals surface area contributed by atoms with Crippen molar-refractivity contribution in [3.05, 3.63) is 11.3 Å². The zero-order valence-electron chi connectivity index (χ0n) is 4.75. The quantitative estimate of drug-likeness (QED) is 0.491. The standard InChI is InChI=1S/C5H5NO3/c1-3-4(2-7)5(8)9-6-3/h2,8H,1H3/p-1. The molecule has 4 nitrogen and oxygen atoms in total. The predicted octanol–water partition coefficient (Wildman–Crippen LogP) is -0.131. The maximum atomic E-state index is 10.4. The summed E-state index contributed by atoms with van der Waals surface area (Å²) in [6.07, 6.45) is 0.439. The molecule has 0 radical (unpaired) electrons. The Morgan fingerprint density at radius 2 is 2.44 bits per heavy atom. The highest BCUT2D eigenvalue weighted by atomic mass is 16.5. The van der Waals surface area contributed by atoms with Crippen molar-refractivity contribution in [3.8, 4) is 5.95 Å². The van der Waals surface area contributed by atoms with E-state index in [1.807, 2.05) is 0 Å². The second-order valence-corrected chi connectivity index (χ2v) is 1.59. The zero-order chi connectivity index (χ0) is 6.85. The van der Waals surface area contributed by atoms with Gasteiger partial charge in [-0.1, -0.05) is 0 Å². The first kappa shape index (κ1) is 5.81. The number of carbonyl (C=O) groups excluding carboxylic acids is 1. The van der Waals surface area contributed by atoms with Crippen LogP contribution < -0.4 is 5.11 Å². The Bertz CT molecular complexity index is 209. The molecule has 1 aromatic heterocycles. The van der Waals surface area contributed by atoms with E-state index in [2.05, 4.69) is 9.68 Å². The third-order valence-electron chi connectivity index (χ3n) is 0.993. The van der Waals surface area contributed by atoms with Gasteiger partial charge in [0, 0.05) is 0 Å². The highest BCUT2D eigenvalue weighted by molar-refractivity contribution is 5.78. The Balaban J connectivity index is 3.22. The van der Waals surface area contributed by atoms with E-state index < -0.39 is 5.95 Å². The SMILES string of the molecule is Cc1noc([O-])c1C=O. The van der Waals surface area contributed by atoms with Crippen molar-refractivity contribution >= 4 is 6.29 Å². The number of aromatic nitrogens is 1. The lowest BCUT2D eigenvalue weighted by Gasteiger charge is -1.89. The normalized spacial score (nSPS) is 9.44. The van der Waals surface area contributed by atoms with Crippen LogP contribution in [0.15, 0.2) is 4.52 Å². The Morgan fingerprint density at radius 1 is 1.78 bits per heavy atom. The number of nitrogens with zero attached hydrogens (tertiary/aromatic N) is 1. The van der Waals surface area contributed by atoms with Crippen LogP contribution in [0.25, 0.3) is 0 Å².